The summed E-state index contributed by atoms with van der Waals surface area (Å²) in [5.41, 5.74) is 12.1. The van der Waals surface area contributed by atoms with Gasteiger partial charge in [-0.05, 0) is 84.3 Å². The summed E-state index contributed by atoms with van der Waals surface area (Å²) >= 11 is 0. The van der Waals surface area contributed by atoms with Crippen LogP contribution in [0, 0.1) is 0 Å². The zero-order valence-electron chi connectivity index (χ0n) is 34.3. The molecule has 1 aliphatic carbocycles. The lowest BCUT2D eigenvalue weighted by atomic mass is 9.81. The number of fused-ring (bicyclic) bond motifs is 6. The molecule has 0 radical (unpaired) electrons. The van der Waals surface area contributed by atoms with Crippen LogP contribution in [0.5, 0.6) is 0 Å². The minimum Gasteiger partial charge on any atom is -0.228 e. The van der Waals surface area contributed by atoms with Crippen LogP contribution in [0.4, 0.5) is 0 Å². The summed E-state index contributed by atoms with van der Waals surface area (Å²) in [6, 6.07) is 50.5. The second-order valence-electron chi connectivity index (χ2n) is 14.2. The zero-order valence-corrected chi connectivity index (χ0v) is 29.3. The Hall–Kier alpha value is -6.64. The molecule has 0 saturated carbocycles. The van der Waals surface area contributed by atoms with Crippen molar-refractivity contribution in [3.63, 3.8) is 0 Å². The molecule has 0 unspecified atom stereocenters. The summed E-state index contributed by atoms with van der Waals surface area (Å²) in [5, 5.41) is 4.71. The average Bonchev–Trinajstić information content (AvgIpc) is 3.50. The highest BCUT2D eigenvalue weighted by molar-refractivity contribution is 6.06. The Kier molecular flexibility index (Phi) is 6.05. The molecule has 2 nitrogen and oxygen atoms in total. The van der Waals surface area contributed by atoms with Gasteiger partial charge >= 0.3 is 0 Å². The first-order chi connectivity index (χ1) is 28.1. The fraction of sp³-hybridized carbons (Fsp3) is 0.0588. The van der Waals surface area contributed by atoms with Crippen molar-refractivity contribution in [1.82, 2.24) is 9.97 Å². The molecule has 1 heterocycles. The molecule has 9 aromatic rings. The van der Waals surface area contributed by atoms with Crippen molar-refractivity contribution in [2.45, 2.75) is 19.3 Å². The molecule has 53 heavy (non-hydrogen) atoms. The van der Waals surface area contributed by atoms with Crippen LogP contribution in [-0.2, 0) is 5.41 Å². The van der Waals surface area contributed by atoms with Crippen molar-refractivity contribution in [1.29, 1.82) is 0 Å². The molecule has 0 saturated heterocycles. The van der Waals surface area contributed by atoms with E-state index in [0.29, 0.717) is 17.1 Å². The third kappa shape index (κ3) is 5.18. The van der Waals surface area contributed by atoms with E-state index in [0.717, 1.165) is 44.3 Å². The molecule has 0 fully saturated rings. The molecule has 250 valence electrons. The van der Waals surface area contributed by atoms with Gasteiger partial charge in [0.05, 0.1) is 18.2 Å². The van der Waals surface area contributed by atoms with Crippen molar-refractivity contribution in [2.75, 3.05) is 0 Å². The lowest BCUT2D eigenvalue weighted by Gasteiger charge is -2.22. The Morgan fingerprint density at radius 1 is 0.434 bits per heavy atom. The molecular formula is C51H36N2. The van der Waals surface area contributed by atoms with E-state index in [1.165, 1.54) is 33.0 Å². The number of aromatic nitrogens is 2. The predicted molar refractivity (Wildman–Crippen MR) is 222 cm³/mol. The van der Waals surface area contributed by atoms with Crippen LogP contribution >= 0.6 is 0 Å². The van der Waals surface area contributed by atoms with Crippen molar-refractivity contribution < 1.29 is 6.85 Å². The second-order valence-corrected chi connectivity index (χ2v) is 14.2. The van der Waals surface area contributed by atoms with E-state index in [1.54, 1.807) is 6.07 Å². The van der Waals surface area contributed by atoms with Crippen LogP contribution in [0.1, 0.15) is 31.8 Å². The molecule has 0 aliphatic heterocycles. The SMILES string of the molecule is [2H]c1c([2H])c([2H])c(-c2cccc(-c3cc(-c4ccc(-c5ccc6c(c5)C(C)(C)c5ccc7ccccc7c5-6)c5ccccc45)nc(-c4ccccc4)n3)c2)c([2H])c1[2H]. The first kappa shape index (κ1) is 26.2. The minimum atomic E-state index is -0.416. The molecule has 1 aromatic heterocycles. The van der Waals surface area contributed by atoms with Gasteiger partial charge in [0.1, 0.15) is 0 Å². The third-order valence-electron chi connectivity index (χ3n) is 10.8. The Balaban J connectivity index is 1.12. The zero-order chi connectivity index (χ0) is 39.9. The number of hydrogen-bond donors (Lipinski definition) is 0. The Bertz CT molecular complexity index is 3130. The van der Waals surface area contributed by atoms with E-state index in [9.17, 15) is 0 Å². The van der Waals surface area contributed by atoms with Gasteiger partial charge < -0.3 is 0 Å². The summed E-state index contributed by atoms with van der Waals surface area (Å²) in [5.74, 6) is 0.558. The fourth-order valence-corrected chi connectivity index (χ4v) is 8.13. The van der Waals surface area contributed by atoms with Gasteiger partial charge in [-0.25, -0.2) is 9.97 Å². The van der Waals surface area contributed by atoms with Crippen molar-refractivity contribution in [3.8, 4) is 67.3 Å². The maximum absolute atomic E-state index is 8.61. The molecule has 0 atom stereocenters. The van der Waals surface area contributed by atoms with Crippen LogP contribution in [0.2, 0.25) is 0 Å². The molecule has 2 heteroatoms. The molecule has 1 aliphatic rings. The van der Waals surface area contributed by atoms with Crippen LogP contribution in [0.15, 0.2) is 182 Å². The van der Waals surface area contributed by atoms with Gasteiger partial charge in [-0.3, -0.25) is 0 Å². The Labute approximate surface area is 317 Å². The van der Waals surface area contributed by atoms with Crippen LogP contribution in [0.3, 0.4) is 0 Å². The van der Waals surface area contributed by atoms with Gasteiger partial charge in [0, 0.05) is 22.1 Å². The van der Waals surface area contributed by atoms with E-state index in [4.69, 9.17) is 16.8 Å². The van der Waals surface area contributed by atoms with Crippen LogP contribution < -0.4 is 0 Å². The topological polar surface area (TPSA) is 25.8 Å². The molecule has 0 amide bonds. The number of hydrogen-bond acceptors (Lipinski definition) is 2. The van der Waals surface area contributed by atoms with Gasteiger partial charge in [-0.1, -0.05) is 178 Å². The van der Waals surface area contributed by atoms with Gasteiger partial charge in [-0.2, -0.15) is 0 Å². The quantitative estimate of drug-likeness (QED) is 0.181. The highest BCUT2D eigenvalue weighted by Gasteiger charge is 2.36. The van der Waals surface area contributed by atoms with E-state index in [2.05, 4.69) is 105 Å². The van der Waals surface area contributed by atoms with E-state index < -0.39 is 6.04 Å². The first-order valence-corrected chi connectivity index (χ1v) is 17.9. The third-order valence-corrected chi connectivity index (χ3v) is 10.8. The van der Waals surface area contributed by atoms with E-state index in [-0.39, 0.29) is 35.1 Å². The lowest BCUT2D eigenvalue weighted by Crippen LogP contribution is -2.15. The highest BCUT2D eigenvalue weighted by Crippen LogP contribution is 2.52. The van der Waals surface area contributed by atoms with E-state index in [1.807, 2.05) is 54.6 Å². The normalized spacial score (nSPS) is 14.2. The lowest BCUT2D eigenvalue weighted by molar-refractivity contribution is 0.661. The summed E-state index contributed by atoms with van der Waals surface area (Å²) < 4.78 is 41.8. The maximum Gasteiger partial charge on any atom is 0.160 e. The molecule has 8 aromatic carbocycles. The van der Waals surface area contributed by atoms with Crippen LogP contribution in [-0.4, -0.2) is 9.97 Å². The molecule has 0 spiro atoms. The monoisotopic (exact) mass is 681 g/mol. The number of benzene rings is 8. The first-order valence-electron chi connectivity index (χ1n) is 20.4. The van der Waals surface area contributed by atoms with Crippen molar-refractivity contribution in [2.24, 2.45) is 0 Å². The van der Waals surface area contributed by atoms with Crippen LogP contribution in [0.25, 0.3) is 88.8 Å². The number of nitrogens with zero attached hydrogens (tertiary/aromatic N) is 2. The van der Waals surface area contributed by atoms with Gasteiger partial charge in [0.15, 0.2) is 5.82 Å². The Morgan fingerprint density at radius 2 is 1.09 bits per heavy atom. The second kappa shape index (κ2) is 12.3. The minimum absolute atomic E-state index is 0.152. The summed E-state index contributed by atoms with van der Waals surface area (Å²) in [7, 11) is 0. The molecule has 0 N–H and O–H groups in total. The fourth-order valence-electron chi connectivity index (χ4n) is 8.13. The van der Waals surface area contributed by atoms with Crippen molar-refractivity contribution in [3.05, 3.63) is 193 Å². The molecule has 0 bridgehead atoms. The summed E-state index contributed by atoms with van der Waals surface area (Å²) in [6.07, 6.45) is 0. The van der Waals surface area contributed by atoms with Gasteiger partial charge in [0.25, 0.3) is 0 Å². The maximum atomic E-state index is 8.61. The standard InChI is InChI=1S/C51H36N2/c1-51(2)45-29-25-34-16-9-10-21-40(34)49(45)44-26-24-37(31-46(44)51)39-27-28-43(42-23-12-11-22-41(39)42)48-32-47(52-50(53-48)35-17-7-4-8-18-35)38-20-13-19-36(30-38)33-14-5-3-6-15-33/h3-32H,1-2H3/i3D,5D,6D,14D,15D. The van der Waals surface area contributed by atoms with Crippen molar-refractivity contribution >= 4 is 21.5 Å². The molecular weight excluding hydrogens is 641 g/mol. The summed E-state index contributed by atoms with van der Waals surface area (Å²) in [4.78, 5) is 10.2. The highest BCUT2D eigenvalue weighted by atomic mass is 14.9. The molecule has 10 rings (SSSR count). The predicted octanol–water partition coefficient (Wildman–Crippen LogP) is 13.4. The van der Waals surface area contributed by atoms with Gasteiger partial charge in [-0.15, -0.1) is 0 Å². The average molecular weight is 682 g/mol. The van der Waals surface area contributed by atoms with E-state index >= 15 is 0 Å². The van der Waals surface area contributed by atoms with Gasteiger partial charge in [0.2, 0.25) is 0 Å². The number of rotatable bonds is 5. The Morgan fingerprint density at radius 3 is 1.92 bits per heavy atom. The largest absolute Gasteiger partial charge is 0.228 e. The summed E-state index contributed by atoms with van der Waals surface area (Å²) in [6.45, 7) is 4.66. The smallest absolute Gasteiger partial charge is 0.160 e.